The standard InChI is InChI=1S/C14H18N2OS/c1-4-17-12-5-6-14(10(2)7-12)16-9-13-8-15-11(3)18-13/h5-8,16H,4,9H2,1-3H3. The fourth-order valence-electron chi connectivity index (χ4n) is 1.76. The molecule has 0 radical (unpaired) electrons. The van der Waals surface area contributed by atoms with Gasteiger partial charge in [0.1, 0.15) is 5.75 Å². The Morgan fingerprint density at radius 2 is 2.17 bits per heavy atom. The molecule has 0 aliphatic carbocycles. The summed E-state index contributed by atoms with van der Waals surface area (Å²) in [6.07, 6.45) is 1.93. The van der Waals surface area contributed by atoms with Crippen molar-refractivity contribution in [3.63, 3.8) is 0 Å². The van der Waals surface area contributed by atoms with Gasteiger partial charge in [-0.15, -0.1) is 11.3 Å². The van der Waals surface area contributed by atoms with Gasteiger partial charge in [0.2, 0.25) is 0 Å². The van der Waals surface area contributed by atoms with Crippen LogP contribution in [0.4, 0.5) is 5.69 Å². The van der Waals surface area contributed by atoms with Crippen LogP contribution in [0.3, 0.4) is 0 Å². The first kappa shape index (κ1) is 12.9. The highest BCUT2D eigenvalue weighted by Crippen LogP contribution is 2.22. The quantitative estimate of drug-likeness (QED) is 0.890. The third kappa shape index (κ3) is 3.23. The van der Waals surface area contributed by atoms with Gasteiger partial charge in [0, 0.05) is 16.8 Å². The molecular weight excluding hydrogens is 244 g/mol. The Kier molecular flexibility index (Phi) is 4.20. The van der Waals surface area contributed by atoms with Crippen molar-refractivity contribution in [1.29, 1.82) is 0 Å². The van der Waals surface area contributed by atoms with E-state index in [1.54, 1.807) is 11.3 Å². The van der Waals surface area contributed by atoms with Crippen LogP contribution in [0.15, 0.2) is 24.4 Å². The van der Waals surface area contributed by atoms with E-state index in [4.69, 9.17) is 4.74 Å². The van der Waals surface area contributed by atoms with Gasteiger partial charge in [-0.3, -0.25) is 0 Å². The zero-order valence-electron chi connectivity index (χ0n) is 11.0. The Balaban J connectivity index is 2.01. The summed E-state index contributed by atoms with van der Waals surface area (Å²) < 4.78 is 5.47. The zero-order chi connectivity index (χ0) is 13.0. The summed E-state index contributed by atoms with van der Waals surface area (Å²) in [7, 11) is 0. The largest absolute Gasteiger partial charge is 0.494 e. The van der Waals surface area contributed by atoms with Crippen LogP contribution in [0.2, 0.25) is 0 Å². The van der Waals surface area contributed by atoms with Crippen molar-refractivity contribution in [2.45, 2.75) is 27.3 Å². The minimum atomic E-state index is 0.701. The van der Waals surface area contributed by atoms with Gasteiger partial charge < -0.3 is 10.1 Å². The van der Waals surface area contributed by atoms with E-state index in [0.717, 1.165) is 23.0 Å². The van der Waals surface area contributed by atoms with Crippen LogP contribution in [-0.2, 0) is 6.54 Å². The summed E-state index contributed by atoms with van der Waals surface area (Å²) in [6, 6.07) is 6.12. The molecule has 0 atom stereocenters. The summed E-state index contributed by atoms with van der Waals surface area (Å²) in [5.41, 5.74) is 2.34. The molecule has 96 valence electrons. The molecule has 2 aromatic rings. The molecule has 2 rings (SSSR count). The number of rotatable bonds is 5. The van der Waals surface area contributed by atoms with Crippen LogP contribution in [0, 0.1) is 13.8 Å². The summed E-state index contributed by atoms with van der Waals surface area (Å²) in [4.78, 5) is 5.50. The van der Waals surface area contributed by atoms with Crippen molar-refractivity contribution in [1.82, 2.24) is 4.98 Å². The van der Waals surface area contributed by atoms with Gasteiger partial charge in [0.05, 0.1) is 18.2 Å². The maximum Gasteiger partial charge on any atom is 0.119 e. The summed E-state index contributed by atoms with van der Waals surface area (Å²) in [5.74, 6) is 0.925. The number of benzene rings is 1. The van der Waals surface area contributed by atoms with E-state index in [0.29, 0.717) is 6.61 Å². The molecule has 1 aromatic heterocycles. The molecule has 0 aliphatic heterocycles. The lowest BCUT2D eigenvalue weighted by Crippen LogP contribution is -2.00. The predicted octanol–water partition coefficient (Wildman–Crippen LogP) is 3.77. The molecule has 0 fully saturated rings. The van der Waals surface area contributed by atoms with Gasteiger partial charge in [0.15, 0.2) is 0 Å². The van der Waals surface area contributed by atoms with E-state index in [-0.39, 0.29) is 0 Å². The van der Waals surface area contributed by atoms with Crippen LogP contribution in [0.25, 0.3) is 0 Å². The van der Waals surface area contributed by atoms with Crippen LogP contribution >= 0.6 is 11.3 Å². The summed E-state index contributed by atoms with van der Waals surface area (Å²) >= 11 is 1.73. The van der Waals surface area contributed by atoms with Crippen LogP contribution < -0.4 is 10.1 Å². The van der Waals surface area contributed by atoms with E-state index in [2.05, 4.69) is 29.4 Å². The second kappa shape index (κ2) is 5.87. The van der Waals surface area contributed by atoms with Gasteiger partial charge in [-0.2, -0.15) is 0 Å². The minimum absolute atomic E-state index is 0.701. The van der Waals surface area contributed by atoms with Crippen LogP contribution in [-0.4, -0.2) is 11.6 Å². The number of hydrogen-bond acceptors (Lipinski definition) is 4. The van der Waals surface area contributed by atoms with Gasteiger partial charge in [-0.05, 0) is 44.5 Å². The number of nitrogens with zero attached hydrogens (tertiary/aromatic N) is 1. The smallest absolute Gasteiger partial charge is 0.119 e. The molecule has 0 spiro atoms. The fraction of sp³-hybridized carbons (Fsp3) is 0.357. The van der Waals surface area contributed by atoms with E-state index in [1.807, 2.05) is 26.1 Å². The molecule has 1 heterocycles. The maximum atomic E-state index is 5.47. The Hall–Kier alpha value is -1.55. The average molecular weight is 262 g/mol. The monoisotopic (exact) mass is 262 g/mol. The van der Waals surface area contributed by atoms with Crippen LogP contribution in [0.5, 0.6) is 5.75 Å². The molecular formula is C14H18N2OS. The maximum absolute atomic E-state index is 5.47. The topological polar surface area (TPSA) is 34.1 Å². The van der Waals surface area contributed by atoms with Crippen molar-refractivity contribution in [2.24, 2.45) is 0 Å². The highest BCUT2D eigenvalue weighted by Gasteiger charge is 2.02. The predicted molar refractivity (Wildman–Crippen MR) is 76.5 cm³/mol. The average Bonchev–Trinajstić information content (AvgIpc) is 2.74. The molecule has 0 bridgehead atoms. The third-order valence-corrected chi connectivity index (χ3v) is 3.54. The first-order valence-electron chi connectivity index (χ1n) is 6.07. The molecule has 0 saturated carbocycles. The first-order valence-corrected chi connectivity index (χ1v) is 6.89. The van der Waals surface area contributed by atoms with Crippen molar-refractivity contribution in [3.8, 4) is 5.75 Å². The minimum Gasteiger partial charge on any atom is -0.494 e. The van der Waals surface area contributed by atoms with E-state index >= 15 is 0 Å². The lowest BCUT2D eigenvalue weighted by Gasteiger charge is -2.10. The van der Waals surface area contributed by atoms with Crippen molar-refractivity contribution >= 4 is 17.0 Å². The number of hydrogen-bond donors (Lipinski definition) is 1. The zero-order valence-corrected chi connectivity index (χ0v) is 11.8. The highest BCUT2D eigenvalue weighted by molar-refractivity contribution is 7.11. The van der Waals surface area contributed by atoms with Crippen molar-refractivity contribution in [3.05, 3.63) is 39.8 Å². The second-order valence-electron chi connectivity index (χ2n) is 4.11. The number of aryl methyl sites for hydroxylation is 2. The molecule has 3 nitrogen and oxygen atoms in total. The molecule has 0 aliphatic rings. The lowest BCUT2D eigenvalue weighted by molar-refractivity contribution is 0.340. The Morgan fingerprint density at radius 3 is 2.78 bits per heavy atom. The Bertz CT molecular complexity index is 522. The lowest BCUT2D eigenvalue weighted by atomic mass is 10.2. The first-order chi connectivity index (χ1) is 8.69. The molecule has 0 unspecified atom stereocenters. The SMILES string of the molecule is CCOc1ccc(NCc2cnc(C)s2)c(C)c1. The van der Waals surface area contributed by atoms with Gasteiger partial charge >= 0.3 is 0 Å². The number of ether oxygens (including phenoxy) is 1. The van der Waals surface area contributed by atoms with Crippen molar-refractivity contribution in [2.75, 3.05) is 11.9 Å². The Labute approximate surface area is 112 Å². The van der Waals surface area contributed by atoms with Gasteiger partial charge in [-0.25, -0.2) is 4.98 Å². The number of thiazole rings is 1. The molecule has 0 saturated heterocycles. The molecule has 18 heavy (non-hydrogen) atoms. The number of anilines is 1. The number of aromatic nitrogens is 1. The number of nitrogens with one attached hydrogen (secondary N) is 1. The normalized spacial score (nSPS) is 10.4. The third-order valence-electron chi connectivity index (χ3n) is 2.63. The summed E-state index contributed by atoms with van der Waals surface area (Å²) in [6.45, 7) is 7.62. The second-order valence-corrected chi connectivity index (χ2v) is 5.43. The Morgan fingerprint density at radius 1 is 1.33 bits per heavy atom. The summed E-state index contributed by atoms with van der Waals surface area (Å²) in [5, 5.41) is 4.53. The van der Waals surface area contributed by atoms with E-state index < -0.39 is 0 Å². The molecule has 0 amide bonds. The van der Waals surface area contributed by atoms with Crippen molar-refractivity contribution < 1.29 is 4.74 Å². The van der Waals surface area contributed by atoms with Gasteiger partial charge in [0.25, 0.3) is 0 Å². The molecule has 1 N–H and O–H groups in total. The molecule has 4 heteroatoms. The van der Waals surface area contributed by atoms with Gasteiger partial charge in [-0.1, -0.05) is 0 Å². The van der Waals surface area contributed by atoms with Crippen LogP contribution in [0.1, 0.15) is 22.4 Å². The van der Waals surface area contributed by atoms with E-state index in [9.17, 15) is 0 Å². The van der Waals surface area contributed by atoms with E-state index in [1.165, 1.54) is 10.4 Å². The highest BCUT2D eigenvalue weighted by atomic mass is 32.1. The molecule has 1 aromatic carbocycles. The fourth-order valence-corrected chi connectivity index (χ4v) is 2.49.